The average molecular weight is 291 g/mol. The zero-order valence-corrected chi connectivity index (χ0v) is 12.4. The Morgan fingerprint density at radius 3 is 2.81 bits per heavy atom. The zero-order chi connectivity index (χ0) is 14.8. The average Bonchev–Trinajstić information content (AvgIpc) is 3.00. The third kappa shape index (κ3) is 2.94. The molecule has 2 aliphatic rings. The van der Waals surface area contributed by atoms with Crippen molar-refractivity contribution in [2.24, 2.45) is 0 Å². The number of hydrogen-bond acceptors (Lipinski definition) is 3. The molecule has 0 aromatic heterocycles. The van der Waals surface area contributed by atoms with Crippen LogP contribution in [0.15, 0.2) is 18.2 Å². The Morgan fingerprint density at radius 2 is 2.05 bits per heavy atom. The lowest BCUT2D eigenvalue weighted by atomic mass is 10.1. The molecule has 21 heavy (non-hydrogen) atoms. The molecule has 2 saturated heterocycles. The van der Waals surface area contributed by atoms with E-state index in [0.717, 1.165) is 39.1 Å². The zero-order valence-electron chi connectivity index (χ0n) is 12.4. The van der Waals surface area contributed by atoms with Crippen LogP contribution in [0.25, 0.3) is 0 Å². The van der Waals surface area contributed by atoms with Crippen molar-refractivity contribution in [3.05, 3.63) is 35.1 Å². The van der Waals surface area contributed by atoms with Crippen LogP contribution in [0.5, 0.6) is 0 Å². The largest absolute Gasteiger partial charge is 0.337 e. The lowest BCUT2D eigenvalue weighted by Gasteiger charge is -2.32. The van der Waals surface area contributed by atoms with Crippen LogP contribution in [0.4, 0.5) is 4.39 Å². The van der Waals surface area contributed by atoms with Crippen LogP contribution >= 0.6 is 0 Å². The second-order valence-electron chi connectivity index (χ2n) is 5.92. The second-order valence-corrected chi connectivity index (χ2v) is 5.92. The number of carbonyl (C=O) groups excluding carboxylic acids is 1. The molecule has 0 radical (unpaired) electrons. The Hall–Kier alpha value is -1.46. The summed E-state index contributed by atoms with van der Waals surface area (Å²) in [4.78, 5) is 16.7. The van der Waals surface area contributed by atoms with E-state index in [2.05, 4.69) is 10.2 Å². The minimum Gasteiger partial charge on any atom is -0.337 e. The molecule has 1 aromatic carbocycles. The summed E-state index contributed by atoms with van der Waals surface area (Å²) >= 11 is 0. The maximum absolute atomic E-state index is 14.1. The first kappa shape index (κ1) is 14.5. The second kappa shape index (κ2) is 6.12. The number of amides is 1. The van der Waals surface area contributed by atoms with Gasteiger partial charge in [-0.05, 0) is 25.0 Å². The first-order valence-corrected chi connectivity index (χ1v) is 7.66. The molecule has 1 unspecified atom stereocenters. The van der Waals surface area contributed by atoms with Gasteiger partial charge in [-0.25, -0.2) is 4.39 Å². The van der Waals surface area contributed by atoms with E-state index in [1.54, 1.807) is 30.0 Å². The van der Waals surface area contributed by atoms with Gasteiger partial charge in [0.1, 0.15) is 5.82 Å². The third-order valence-corrected chi connectivity index (χ3v) is 4.54. The lowest BCUT2D eigenvalue weighted by molar-refractivity contribution is 0.0768. The molecule has 0 bridgehead atoms. The van der Waals surface area contributed by atoms with Gasteiger partial charge in [0.2, 0.25) is 0 Å². The number of carbonyl (C=O) groups is 1. The standard InChI is InChI=1S/C16H22FN3O/c1-12-3-2-4-14(15(12)17)16(21)20-8-5-13(11-20)19-9-6-18-7-10-19/h2-4,13,18H,5-11H2,1H3. The molecule has 2 heterocycles. The molecule has 1 aromatic rings. The third-order valence-electron chi connectivity index (χ3n) is 4.54. The quantitative estimate of drug-likeness (QED) is 0.891. The predicted octanol–water partition coefficient (Wildman–Crippen LogP) is 1.25. The fourth-order valence-corrected chi connectivity index (χ4v) is 3.25. The summed E-state index contributed by atoms with van der Waals surface area (Å²) in [5, 5.41) is 3.34. The number of benzene rings is 1. The van der Waals surface area contributed by atoms with Gasteiger partial charge in [-0.3, -0.25) is 9.69 Å². The maximum atomic E-state index is 14.1. The van der Waals surface area contributed by atoms with Gasteiger partial charge in [-0.15, -0.1) is 0 Å². The van der Waals surface area contributed by atoms with Crippen molar-refractivity contribution in [2.45, 2.75) is 19.4 Å². The molecule has 2 aliphatic heterocycles. The van der Waals surface area contributed by atoms with Gasteiger partial charge in [0.15, 0.2) is 0 Å². The highest BCUT2D eigenvalue weighted by Gasteiger charge is 2.32. The lowest BCUT2D eigenvalue weighted by Crippen LogP contribution is -2.49. The minimum atomic E-state index is -0.381. The summed E-state index contributed by atoms with van der Waals surface area (Å²) in [5.74, 6) is -0.554. The summed E-state index contributed by atoms with van der Waals surface area (Å²) in [7, 11) is 0. The Labute approximate surface area is 124 Å². The summed E-state index contributed by atoms with van der Waals surface area (Å²) in [6.07, 6.45) is 0.985. The highest BCUT2D eigenvalue weighted by atomic mass is 19.1. The molecular formula is C16H22FN3O. The smallest absolute Gasteiger partial charge is 0.256 e. The number of nitrogens with one attached hydrogen (secondary N) is 1. The van der Waals surface area contributed by atoms with Crippen LogP contribution in [0.1, 0.15) is 22.3 Å². The minimum absolute atomic E-state index is 0.172. The van der Waals surface area contributed by atoms with Crippen molar-refractivity contribution in [1.29, 1.82) is 0 Å². The van der Waals surface area contributed by atoms with E-state index in [0.29, 0.717) is 18.2 Å². The molecule has 1 amide bonds. The Bertz CT molecular complexity index is 528. The molecule has 0 spiro atoms. The fraction of sp³-hybridized carbons (Fsp3) is 0.562. The van der Waals surface area contributed by atoms with Crippen LogP contribution in [0.3, 0.4) is 0 Å². The van der Waals surface area contributed by atoms with Crippen LogP contribution in [0, 0.1) is 12.7 Å². The number of hydrogen-bond donors (Lipinski definition) is 1. The number of rotatable bonds is 2. The van der Waals surface area contributed by atoms with Crippen LogP contribution < -0.4 is 5.32 Å². The molecule has 3 rings (SSSR count). The van der Waals surface area contributed by atoms with Crippen LogP contribution in [0.2, 0.25) is 0 Å². The van der Waals surface area contributed by atoms with Crippen molar-refractivity contribution in [2.75, 3.05) is 39.3 Å². The molecule has 0 saturated carbocycles. The van der Waals surface area contributed by atoms with Crippen molar-refractivity contribution >= 4 is 5.91 Å². The van der Waals surface area contributed by atoms with Gasteiger partial charge >= 0.3 is 0 Å². The van der Waals surface area contributed by atoms with Crippen LogP contribution in [-0.2, 0) is 0 Å². The van der Waals surface area contributed by atoms with Gasteiger partial charge in [0, 0.05) is 45.3 Å². The van der Waals surface area contributed by atoms with E-state index in [9.17, 15) is 9.18 Å². The highest BCUT2D eigenvalue weighted by molar-refractivity contribution is 5.94. The highest BCUT2D eigenvalue weighted by Crippen LogP contribution is 2.20. The molecule has 0 aliphatic carbocycles. The number of piperazine rings is 1. The first-order chi connectivity index (χ1) is 10.2. The van der Waals surface area contributed by atoms with Gasteiger partial charge in [0.25, 0.3) is 5.91 Å². The number of aryl methyl sites for hydroxylation is 1. The summed E-state index contributed by atoms with van der Waals surface area (Å²) in [6.45, 7) is 7.22. The monoisotopic (exact) mass is 291 g/mol. The molecule has 1 atom stereocenters. The molecule has 2 fully saturated rings. The van der Waals surface area contributed by atoms with Crippen molar-refractivity contribution < 1.29 is 9.18 Å². The van der Waals surface area contributed by atoms with E-state index in [4.69, 9.17) is 0 Å². The molecule has 1 N–H and O–H groups in total. The maximum Gasteiger partial charge on any atom is 0.256 e. The SMILES string of the molecule is Cc1cccc(C(=O)N2CCC(N3CCNCC3)C2)c1F. The van der Waals surface area contributed by atoms with Gasteiger partial charge in [0.05, 0.1) is 5.56 Å². The predicted molar refractivity (Wildman–Crippen MR) is 79.9 cm³/mol. The van der Waals surface area contributed by atoms with Gasteiger partial charge in [-0.2, -0.15) is 0 Å². The van der Waals surface area contributed by atoms with E-state index in [-0.39, 0.29) is 17.3 Å². The topological polar surface area (TPSA) is 35.6 Å². The molecule has 114 valence electrons. The van der Waals surface area contributed by atoms with Crippen molar-refractivity contribution in [3.63, 3.8) is 0 Å². The summed E-state index contributed by atoms with van der Waals surface area (Å²) < 4.78 is 14.1. The van der Waals surface area contributed by atoms with Crippen molar-refractivity contribution in [1.82, 2.24) is 15.1 Å². The van der Waals surface area contributed by atoms with Crippen molar-refractivity contribution in [3.8, 4) is 0 Å². The Kier molecular flexibility index (Phi) is 4.22. The Morgan fingerprint density at radius 1 is 1.29 bits per heavy atom. The van der Waals surface area contributed by atoms with E-state index < -0.39 is 0 Å². The van der Waals surface area contributed by atoms with E-state index in [1.807, 2.05) is 0 Å². The summed E-state index contributed by atoms with van der Waals surface area (Å²) in [6, 6.07) is 5.45. The number of likely N-dealkylation sites (tertiary alicyclic amines) is 1. The van der Waals surface area contributed by atoms with Crippen LogP contribution in [-0.4, -0.2) is 61.0 Å². The number of halogens is 1. The molecule has 5 heteroatoms. The summed E-state index contributed by atoms with van der Waals surface area (Å²) in [5.41, 5.74) is 0.731. The van der Waals surface area contributed by atoms with Gasteiger partial charge < -0.3 is 10.2 Å². The van der Waals surface area contributed by atoms with E-state index >= 15 is 0 Å². The van der Waals surface area contributed by atoms with Gasteiger partial charge in [-0.1, -0.05) is 12.1 Å². The number of nitrogens with zero attached hydrogens (tertiary/aromatic N) is 2. The fourth-order valence-electron chi connectivity index (χ4n) is 3.25. The van der Waals surface area contributed by atoms with E-state index in [1.165, 1.54) is 0 Å². The normalized spacial score (nSPS) is 23.5. The first-order valence-electron chi connectivity index (χ1n) is 7.66. The molecule has 4 nitrogen and oxygen atoms in total. The molecular weight excluding hydrogens is 269 g/mol. The Balaban J connectivity index is 1.68.